The summed E-state index contributed by atoms with van der Waals surface area (Å²) < 4.78 is 33.4. The molecule has 4 aromatic rings. The average molecular weight is 419 g/mol. The van der Waals surface area contributed by atoms with Crippen molar-refractivity contribution in [1.29, 1.82) is 5.26 Å². The van der Waals surface area contributed by atoms with Crippen molar-refractivity contribution in [3.63, 3.8) is 0 Å². The molecule has 2 heterocycles. The van der Waals surface area contributed by atoms with Crippen LogP contribution in [0.25, 0.3) is 16.7 Å². The van der Waals surface area contributed by atoms with E-state index in [1.807, 2.05) is 25.1 Å². The quantitative estimate of drug-likeness (QED) is 0.537. The predicted molar refractivity (Wildman–Crippen MR) is 109 cm³/mol. The number of halogens is 2. The minimum Gasteiger partial charge on any atom is -0.494 e. The molecule has 0 fully saturated rings. The molecular formula is C22H15F2N5O2. The highest BCUT2D eigenvalue weighted by molar-refractivity contribution is 6.04. The molecular weight excluding hydrogens is 404 g/mol. The van der Waals surface area contributed by atoms with Crippen LogP contribution in [0.2, 0.25) is 0 Å². The molecule has 9 heteroatoms. The monoisotopic (exact) mass is 419 g/mol. The van der Waals surface area contributed by atoms with E-state index in [0.717, 1.165) is 29.1 Å². The van der Waals surface area contributed by atoms with Crippen LogP contribution in [0.15, 0.2) is 48.7 Å². The molecule has 0 spiro atoms. The normalized spacial score (nSPS) is 10.7. The fourth-order valence-electron chi connectivity index (χ4n) is 3.19. The molecule has 0 aliphatic rings. The van der Waals surface area contributed by atoms with Crippen molar-refractivity contribution in [2.24, 2.45) is 0 Å². The van der Waals surface area contributed by atoms with E-state index in [-0.39, 0.29) is 16.9 Å². The van der Waals surface area contributed by atoms with Crippen LogP contribution in [0.4, 0.5) is 14.6 Å². The minimum absolute atomic E-state index is 0.0541. The number of pyridine rings is 1. The Balaban J connectivity index is 1.81. The zero-order chi connectivity index (χ0) is 22.1. The van der Waals surface area contributed by atoms with Crippen LogP contribution in [0, 0.1) is 29.9 Å². The third-order valence-electron chi connectivity index (χ3n) is 4.74. The molecule has 1 amide bonds. The van der Waals surface area contributed by atoms with Crippen LogP contribution in [-0.4, -0.2) is 27.8 Å². The smallest absolute Gasteiger partial charge is 0.256 e. The number of hydrogen-bond acceptors (Lipinski definition) is 5. The number of carbonyl (C=O) groups is 1. The van der Waals surface area contributed by atoms with E-state index >= 15 is 0 Å². The van der Waals surface area contributed by atoms with Crippen molar-refractivity contribution in [2.45, 2.75) is 6.92 Å². The van der Waals surface area contributed by atoms with E-state index in [9.17, 15) is 18.8 Å². The van der Waals surface area contributed by atoms with Crippen LogP contribution >= 0.6 is 0 Å². The Morgan fingerprint density at radius 1 is 1.19 bits per heavy atom. The number of para-hydroxylation sites is 1. The number of amides is 1. The first-order valence-corrected chi connectivity index (χ1v) is 9.12. The van der Waals surface area contributed by atoms with Gasteiger partial charge in [0.15, 0.2) is 23.3 Å². The molecule has 0 saturated carbocycles. The van der Waals surface area contributed by atoms with E-state index in [0.29, 0.717) is 17.1 Å². The Kier molecular flexibility index (Phi) is 5.05. The highest BCUT2D eigenvalue weighted by Gasteiger charge is 2.19. The molecule has 2 aromatic heterocycles. The molecule has 154 valence electrons. The summed E-state index contributed by atoms with van der Waals surface area (Å²) >= 11 is 0. The van der Waals surface area contributed by atoms with Crippen LogP contribution in [-0.2, 0) is 0 Å². The van der Waals surface area contributed by atoms with Crippen LogP contribution in [0.5, 0.6) is 5.75 Å². The molecule has 7 nitrogen and oxygen atoms in total. The highest BCUT2D eigenvalue weighted by atomic mass is 19.2. The Hall–Kier alpha value is -4.32. The summed E-state index contributed by atoms with van der Waals surface area (Å²) in [5.41, 5.74) is 1.44. The van der Waals surface area contributed by atoms with Crippen LogP contribution in [0.1, 0.15) is 21.5 Å². The fraction of sp³-hybridized carbons (Fsp3) is 0.0909. The lowest BCUT2D eigenvalue weighted by Gasteiger charge is -2.12. The first-order chi connectivity index (χ1) is 14.9. The second kappa shape index (κ2) is 7.84. The molecule has 31 heavy (non-hydrogen) atoms. The van der Waals surface area contributed by atoms with Crippen LogP contribution in [0.3, 0.4) is 0 Å². The molecule has 0 bridgehead atoms. The standard InChI is InChI=1S/C22H15F2N5O2/c1-12-8-19(27-20-15(12)4-3-5-18(20)31-2)29-21(14(10-25)11-26-29)28-22(30)13-6-7-16(23)17(24)9-13/h3-9,11H,1-2H3,(H,28,30). The van der Waals surface area contributed by atoms with Gasteiger partial charge >= 0.3 is 0 Å². The van der Waals surface area contributed by atoms with Crippen molar-refractivity contribution in [1.82, 2.24) is 14.8 Å². The maximum atomic E-state index is 13.5. The molecule has 4 rings (SSSR count). The number of hydrogen-bond donors (Lipinski definition) is 1. The number of aromatic nitrogens is 3. The molecule has 1 N–H and O–H groups in total. The van der Waals surface area contributed by atoms with Gasteiger partial charge in [-0.2, -0.15) is 15.0 Å². The van der Waals surface area contributed by atoms with Gasteiger partial charge < -0.3 is 10.1 Å². The highest BCUT2D eigenvalue weighted by Crippen LogP contribution is 2.29. The maximum absolute atomic E-state index is 13.5. The first-order valence-electron chi connectivity index (χ1n) is 9.12. The summed E-state index contributed by atoms with van der Waals surface area (Å²) in [7, 11) is 1.54. The number of anilines is 1. The van der Waals surface area contributed by atoms with Crippen molar-refractivity contribution in [3.8, 4) is 17.6 Å². The molecule has 0 unspecified atom stereocenters. The fourth-order valence-corrected chi connectivity index (χ4v) is 3.19. The average Bonchev–Trinajstić information content (AvgIpc) is 3.17. The zero-order valence-corrected chi connectivity index (χ0v) is 16.5. The number of benzene rings is 2. The van der Waals surface area contributed by atoms with E-state index < -0.39 is 17.5 Å². The molecule has 0 aliphatic heterocycles. The summed E-state index contributed by atoms with van der Waals surface area (Å²) in [5, 5.41) is 17.1. The number of aryl methyl sites for hydroxylation is 1. The van der Waals surface area contributed by atoms with Crippen molar-refractivity contribution >= 4 is 22.6 Å². The third-order valence-corrected chi connectivity index (χ3v) is 4.74. The van der Waals surface area contributed by atoms with Crippen molar-refractivity contribution in [2.75, 3.05) is 12.4 Å². The van der Waals surface area contributed by atoms with Gasteiger partial charge in [0, 0.05) is 10.9 Å². The van der Waals surface area contributed by atoms with E-state index in [4.69, 9.17) is 4.74 Å². The Morgan fingerprint density at radius 2 is 2.00 bits per heavy atom. The summed E-state index contributed by atoms with van der Waals surface area (Å²) in [4.78, 5) is 17.2. The number of rotatable bonds is 4. The minimum atomic E-state index is -1.15. The third kappa shape index (κ3) is 3.55. The Labute approximate surface area is 175 Å². The molecule has 0 atom stereocenters. The number of carbonyl (C=O) groups excluding carboxylic acids is 1. The molecule has 0 radical (unpaired) electrons. The van der Waals surface area contributed by atoms with E-state index in [2.05, 4.69) is 15.4 Å². The Morgan fingerprint density at radius 3 is 2.71 bits per heavy atom. The second-order valence-corrected chi connectivity index (χ2v) is 6.67. The van der Waals surface area contributed by atoms with Gasteiger partial charge in [0.2, 0.25) is 0 Å². The van der Waals surface area contributed by atoms with Gasteiger partial charge in [-0.25, -0.2) is 13.8 Å². The van der Waals surface area contributed by atoms with Crippen molar-refractivity contribution in [3.05, 3.63) is 77.0 Å². The lowest BCUT2D eigenvalue weighted by Crippen LogP contribution is -2.17. The van der Waals surface area contributed by atoms with Gasteiger partial charge in [-0.15, -0.1) is 0 Å². The SMILES string of the molecule is COc1cccc2c(C)cc(-n3ncc(C#N)c3NC(=O)c3ccc(F)c(F)c3)nc12. The van der Waals surface area contributed by atoms with Gasteiger partial charge in [-0.05, 0) is 42.8 Å². The van der Waals surface area contributed by atoms with Gasteiger partial charge in [-0.1, -0.05) is 12.1 Å². The summed E-state index contributed by atoms with van der Waals surface area (Å²) in [6.45, 7) is 1.89. The number of fused-ring (bicyclic) bond motifs is 1. The number of nitrogens with one attached hydrogen (secondary N) is 1. The lowest BCUT2D eigenvalue weighted by molar-refractivity contribution is 0.102. The van der Waals surface area contributed by atoms with Gasteiger partial charge in [0.1, 0.15) is 22.9 Å². The largest absolute Gasteiger partial charge is 0.494 e. The number of ether oxygens (including phenoxy) is 1. The number of nitriles is 1. The van der Waals surface area contributed by atoms with Gasteiger partial charge in [0.05, 0.1) is 13.3 Å². The topological polar surface area (TPSA) is 92.8 Å². The van der Waals surface area contributed by atoms with E-state index in [1.165, 1.54) is 18.0 Å². The second-order valence-electron chi connectivity index (χ2n) is 6.67. The lowest BCUT2D eigenvalue weighted by atomic mass is 10.1. The van der Waals surface area contributed by atoms with Gasteiger partial charge in [-0.3, -0.25) is 4.79 Å². The first kappa shape index (κ1) is 20.0. The van der Waals surface area contributed by atoms with Gasteiger partial charge in [0.25, 0.3) is 5.91 Å². The molecule has 2 aromatic carbocycles. The number of nitrogens with zero attached hydrogens (tertiary/aromatic N) is 4. The summed E-state index contributed by atoms with van der Waals surface area (Å²) in [6.07, 6.45) is 1.28. The maximum Gasteiger partial charge on any atom is 0.256 e. The Bertz CT molecular complexity index is 1370. The molecule has 0 aliphatic carbocycles. The van der Waals surface area contributed by atoms with Crippen molar-refractivity contribution < 1.29 is 18.3 Å². The predicted octanol–water partition coefficient (Wildman–Crippen LogP) is 4.14. The zero-order valence-electron chi connectivity index (χ0n) is 16.5. The number of methoxy groups -OCH3 is 1. The van der Waals surface area contributed by atoms with Crippen LogP contribution < -0.4 is 10.1 Å². The summed E-state index contributed by atoms with van der Waals surface area (Å²) in [6, 6.07) is 12.0. The molecule has 0 saturated heterocycles. The summed E-state index contributed by atoms with van der Waals surface area (Å²) in [5.74, 6) is -1.99. The van der Waals surface area contributed by atoms with E-state index in [1.54, 1.807) is 12.1 Å².